The summed E-state index contributed by atoms with van der Waals surface area (Å²) in [6.45, 7) is 3.88. The number of nitrogens with one attached hydrogen (secondary N) is 1. The van der Waals surface area contributed by atoms with Crippen LogP contribution in [0.25, 0.3) is 5.69 Å². The molecule has 4 atom stereocenters. The van der Waals surface area contributed by atoms with Gasteiger partial charge in [-0.25, -0.2) is 14.6 Å². The van der Waals surface area contributed by atoms with E-state index in [2.05, 4.69) is 20.4 Å². The summed E-state index contributed by atoms with van der Waals surface area (Å²) >= 11 is 1.48. The van der Waals surface area contributed by atoms with Crippen LogP contribution in [0.3, 0.4) is 0 Å². The van der Waals surface area contributed by atoms with Crippen molar-refractivity contribution < 1.29 is 14.6 Å². The minimum Gasteiger partial charge on any atom is -0.396 e. The fraction of sp³-hybridized carbons (Fsp3) is 0.588. The Labute approximate surface area is 156 Å². The summed E-state index contributed by atoms with van der Waals surface area (Å²) < 4.78 is 13.9. The molecule has 4 rings (SSSR count). The van der Waals surface area contributed by atoms with Crippen molar-refractivity contribution in [2.45, 2.75) is 49.5 Å². The van der Waals surface area contributed by atoms with Gasteiger partial charge < -0.3 is 19.9 Å². The Bertz CT molecular complexity index is 770. The highest BCUT2D eigenvalue weighted by molar-refractivity contribution is 7.98. The minimum atomic E-state index is -0.649. The molecule has 3 heterocycles. The average molecular weight is 377 g/mol. The van der Waals surface area contributed by atoms with Gasteiger partial charge in [0.25, 0.3) is 0 Å². The van der Waals surface area contributed by atoms with E-state index in [0.717, 1.165) is 12.1 Å². The van der Waals surface area contributed by atoms with Crippen LogP contribution in [0.4, 0.5) is 5.82 Å². The van der Waals surface area contributed by atoms with Crippen LogP contribution >= 0.6 is 11.8 Å². The molecular weight excluding hydrogens is 354 g/mol. The molecule has 2 aliphatic rings. The second-order valence-electron chi connectivity index (χ2n) is 7.04. The summed E-state index contributed by atoms with van der Waals surface area (Å²) in [5.41, 5.74) is 0.773. The van der Waals surface area contributed by atoms with Crippen LogP contribution in [0.5, 0.6) is 0 Å². The van der Waals surface area contributed by atoms with Crippen molar-refractivity contribution in [2.24, 2.45) is 5.92 Å². The van der Waals surface area contributed by atoms with Gasteiger partial charge in [0.1, 0.15) is 11.8 Å². The molecule has 0 bridgehead atoms. The van der Waals surface area contributed by atoms with Gasteiger partial charge in [-0.3, -0.25) is 0 Å². The molecule has 26 heavy (non-hydrogen) atoms. The van der Waals surface area contributed by atoms with Gasteiger partial charge in [0.2, 0.25) is 0 Å². The summed E-state index contributed by atoms with van der Waals surface area (Å²) in [5, 5.41) is 18.2. The molecule has 2 fully saturated rings. The number of hydrogen-bond acceptors (Lipinski definition) is 8. The van der Waals surface area contributed by atoms with Gasteiger partial charge in [-0.05, 0) is 32.6 Å². The quantitative estimate of drug-likeness (QED) is 0.601. The highest BCUT2D eigenvalue weighted by Crippen LogP contribution is 2.42. The van der Waals surface area contributed by atoms with E-state index in [4.69, 9.17) is 9.47 Å². The molecule has 2 aromatic heterocycles. The van der Waals surface area contributed by atoms with Gasteiger partial charge in [0.05, 0.1) is 18.3 Å². The van der Waals surface area contributed by atoms with Crippen LogP contribution in [0.1, 0.15) is 20.3 Å². The molecule has 2 N–H and O–H groups in total. The molecule has 1 saturated carbocycles. The number of ether oxygens (including phenoxy) is 2. The van der Waals surface area contributed by atoms with E-state index < -0.39 is 5.79 Å². The third-order valence-corrected chi connectivity index (χ3v) is 5.38. The predicted molar refractivity (Wildman–Crippen MR) is 97.4 cm³/mol. The molecule has 9 heteroatoms. The molecular formula is C17H23N5O3S. The summed E-state index contributed by atoms with van der Waals surface area (Å²) in [6, 6.07) is 1.84. The normalized spacial score (nSPS) is 29.7. The lowest BCUT2D eigenvalue weighted by Gasteiger charge is -2.24. The molecule has 8 nitrogen and oxygen atoms in total. The maximum Gasteiger partial charge on any atom is 0.189 e. The number of rotatable bonds is 5. The summed E-state index contributed by atoms with van der Waals surface area (Å²) in [4.78, 5) is 9.00. The maximum absolute atomic E-state index is 9.75. The molecule has 140 valence electrons. The van der Waals surface area contributed by atoms with E-state index in [-0.39, 0.29) is 30.8 Å². The van der Waals surface area contributed by atoms with Crippen molar-refractivity contribution >= 4 is 17.6 Å². The fourth-order valence-corrected chi connectivity index (χ4v) is 4.07. The summed E-state index contributed by atoms with van der Waals surface area (Å²) in [5.74, 6) is 0.0855. The Morgan fingerprint density at radius 3 is 2.88 bits per heavy atom. The Morgan fingerprint density at radius 2 is 2.19 bits per heavy atom. The van der Waals surface area contributed by atoms with Gasteiger partial charge in [-0.1, -0.05) is 11.8 Å². The second-order valence-corrected chi connectivity index (χ2v) is 7.81. The number of thioether (sulfide) groups is 1. The molecule has 1 aliphatic heterocycles. The molecule has 0 amide bonds. The molecule has 1 saturated heterocycles. The number of aliphatic hydroxyl groups is 1. The average Bonchev–Trinajstić information content (AvgIpc) is 3.31. The monoisotopic (exact) mass is 377 g/mol. The Kier molecular flexibility index (Phi) is 4.64. The molecule has 4 unspecified atom stereocenters. The standard InChI is InChI=1S/C17H23N5O3S/c1-17(2)24-13-10(9-23)7-11(14(13)25-17)20-15-12(22-6-4-5-19-22)8-18-16(21-15)26-3/h4-6,8,10-11,13-14,23H,7,9H2,1-3H3,(H,18,20,21). The van der Waals surface area contributed by atoms with Crippen molar-refractivity contribution in [2.75, 3.05) is 18.2 Å². The molecule has 0 spiro atoms. The fourth-order valence-electron chi connectivity index (χ4n) is 3.73. The number of hydrogen-bond donors (Lipinski definition) is 2. The van der Waals surface area contributed by atoms with Crippen molar-refractivity contribution in [3.05, 3.63) is 24.7 Å². The smallest absolute Gasteiger partial charge is 0.189 e. The van der Waals surface area contributed by atoms with E-state index >= 15 is 0 Å². The van der Waals surface area contributed by atoms with Gasteiger partial charge in [-0.15, -0.1) is 0 Å². The third-order valence-electron chi connectivity index (χ3n) is 4.82. The number of fused-ring (bicyclic) bond motifs is 1. The van der Waals surface area contributed by atoms with E-state index in [1.165, 1.54) is 11.8 Å². The Morgan fingerprint density at radius 1 is 1.38 bits per heavy atom. The van der Waals surface area contributed by atoms with Crippen LogP contribution in [0.2, 0.25) is 0 Å². The SMILES string of the molecule is CSc1ncc(-n2cccn2)c(NC2CC(CO)C3OC(C)(C)OC23)n1. The van der Waals surface area contributed by atoms with Gasteiger partial charge in [0, 0.05) is 24.9 Å². The van der Waals surface area contributed by atoms with Crippen molar-refractivity contribution in [3.8, 4) is 5.69 Å². The van der Waals surface area contributed by atoms with Gasteiger partial charge in [-0.2, -0.15) is 5.10 Å². The summed E-state index contributed by atoms with van der Waals surface area (Å²) in [6.07, 6.45) is 7.77. The molecule has 0 aromatic carbocycles. The van der Waals surface area contributed by atoms with Crippen LogP contribution < -0.4 is 5.32 Å². The van der Waals surface area contributed by atoms with Crippen LogP contribution in [0, 0.1) is 5.92 Å². The van der Waals surface area contributed by atoms with Crippen LogP contribution in [-0.4, -0.2) is 61.8 Å². The van der Waals surface area contributed by atoms with Crippen molar-refractivity contribution in [1.29, 1.82) is 0 Å². The number of aliphatic hydroxyl groups excluding tert-OH is 1. The van der Waals surface area contributed by atoms with Crippen LogP contribution in [-0.2, 0) is 9.47 Å². The highest BCUT2D eigenvalue weighted by atomic mass is 32.2. The van der Waals surface area contributed by atoms with E-state index in [0.29, 0.717) is 11.0 Å². The van der Waals surface area contributed by atoms with Crippen molar-refractivity contribution in [1.82, 2.24) is 19.7 Å². The molecule has 2 aromatic rings. The lowest BCUT2D eigenvalue weighted by atomic mass is 10.1. The second kappa shape index (κ2) is 6.80. The van der Waals surface area contributed by atoms with E-state index in [9.17, 15) is 5.11 Å². The number of aromatic nitrogens is 4. The van der Waals surface area contributed by atoms with Gasteiger partial charge >= 0.3 is 0 Å². The first-order valence-corrected chi connectivity index (χ1v) is 9.87. The first-order chi connectivity index (χ1) is 12.5. The zero-order valence-electron chi connectivity index (χ0n) is 15.0. The Hall–Kier alpha value is -1.68. The van der Waals surface area contributed by atoms with Crippen molar-refractivity contribution in [3.63, 3.8) is 0 Å². The maximum atomic E-state index is 9.75. The van der Waals surface area contributed by atoms with Gasteiger partial charge in [0.15, 0.2) is 16.8 Å². The largest absolute Gasteiger partial charge is 0.396 e. The zero-order valence-corrected chi connectivity index (χ0v) is 15.8. The number of nitrogens with zero attached hydrogens (tertiary/aromatic N) is 4. The lowest BCUT2D eigenvalue weighted by molar-refractivity contribution is -0.158. The first kappa shape index (κ1) is 17.7. The Balaban J connectivity index is 1.64. The van der Waals surface area contributed by atoms with Crippen LogP contribution in [0.15, 0.2) is 29.8 Å². The third kappa shape index (κ3) is 3.20. The van der Waals surface area contributed by atoms with E-state index in [1.54, 1.807) is 17.1 Å². The minimum absolute atomic E-state index is 0.0159. The van der Waals surface area contributed by atoms with E-state index in [1.807, 2.05) is 32.4 Å². The predicted octanol–water partition coefficient (Wildman–Crippen LogP) is 1.70. The topological polar surface area (TPSA) is 94.3 Å². The molecule has 0 radical (unpaired) electrons. The summed E-state index contributed by atoms with van der Waals surface area (Å²) in [7, 11) is 0. The number of anilines is 1. The highest BCUT2D eigenvalue weighted by Gasteiger charge is 2.53. The first-order valence-electron chi connectivity index (χ1n) is 8.65. The molecule has 1 aliphatic carbocycles. The zero-order chi connectivity index (χ0) is 18.3. The lowest BCUT2D eigenvalue weighted by Crippen LogP contribution is -2.35.